The Morgan fingerprint density at radius 3 is 2.47 bits per heavy atom. The molecule has 3 heteroatoms. The zero-order chi connectivity index (χ0) is 10.7. The van der Waals surface area contributed by atoms with Gasteiger partial charge in [-0.05, 0) is 11.6 Å². The van der Waals surface area contributed by atoms with Crippen molar-refractivity contribution in [2.75, 3.05) is 0 Å². The van der Waals surface area contributed by atoms with Crippen molar-refractivity contribution in [3.05, 3.63) is 53.3 Å². The van der Waals surface area contributed by atoms with E-state index in [-0.39, 0.29) is 0 Å². The first-order valence-corrected chi connectivity index (χ1v) is 5.49. The summed E-state index contributed by atoms with van der Waals surface area (Å²) in [5, 5.41) is 0.687. The molecule has 0 radical (unpaired) electrons. The molecule has 0 atom stereocenters. The van der Waals surface area contributed by atoms with Crippen molar-refractivity contribution in [2.45, 2.75) is 5.88 Å². The van der Waals surface area contributed by atoms with E-state index >= 15 is 0 Å². The first-order valence-electron chi connectivity index (χ1n) is 4.57. The highest BCUT2D eigenvalue weighted by atomic mass is 35.5. The number of hydrogen-bond donors (Lipinski definition) is 0. The number of rotatable bonds is 2. The molecule has 0 saturated carbocycles. The summed E-state index contributed by atoms with van der Waals surface area (Å²) >= 11 is 12.0. The Balaban J connectivity index is 2.61. The molecule has 0 aliphatic carbocycles. The van der Waals surface area contributed by atoms with Crippen molar-refractivity contribution in [1.29, 1.82) is 0 Å². The molecule has 0 amide bonds. The van der Waals surface area contributed by atoms with Crippen molar-refractivity contribution >= 4 is 23.2 Å². The molecule has 1 aromatic carbocycles. The minimum atomic E-state index is 0.366. The second-order valence-electron chi connectivity index (χ2n) is 3.11. The summed E-state index contributed by atoms with van der Waals surface area (Å²) < 4.78 is 0. The molecule has 0 aliphatic rings. The Kier molecular flexibility index (Phi) is 3.24. The van der Waals surface area contributed by atoms with Crippen LogP contribution in [-0.4, -0.2) is 4.98 Å². The van der Waals surface area contributed by atoms with Crippen molar-refractivity contribution in [3.8, 4) is 11.1 Å². The van der Waals surface area contributed by atoms with Crippen LogP contribution in [0.15, 0.2) is 42.6 Å². The molecule has 2 aromatic rings. The highest BCUT2D eigenvalue weighted by molar-refractivity contribution is 6.33. The number of aromatic nitrogens is 1. The van der Waals surface area contributed by atoms with Crippen LogP contribution in [0.25, 0.3) is 11.1 Å². The second-order valence-corrected chi connectivity index (χ2v) is 3.79. The van der Waals surface area contributed by atoms with Gasteiger partial charge in [-0.25, -0.2) is 0 Å². The van der Waals surface area contributed by atoms with E-state index in [9.17, 15) is 0 Å². The van der Waals surface area contributed by atoms with Gasteiger partial charge >= 0.3 is 0 Å². The molecule has 0 saturated heterocycles. The summed E-state index contributed by atoms with van der Waals surface area (Å²) in [5.74, 6) is 0.366. The second kappa shape index (κ2) is 4.65. The van der Waals surface area contributed by atoms with Crippen LogP contribution in [0.5, 0.6) is 0 Å². The minimum absolute atomic E-state index is 0.366. The number of halogens is 2. The molecule has 76 valence electrons. The van der Waals surface area contributed by atoms with Gasteiger partial charge in [0.15, 0.2) is 0 Å². The molecular weight excluding hydrogens is 229 g/mol. The van der Waals surface area contributed by atoms with Crippen LogP contribution in [0, 0.1) is 0 Å². The summed E-state index contributed by atoms with van der Waals surface area (Å²) in [4.78, 5) is 4.22. The van der Waals surface area contributed by atoms with Crippen LogP contribution >= 0.6 is 23.2 Å². The van der Waals surface area contributed by atoms with Gasteiger partial charge < -0.3 is 0 Å². The van der Waals surface area contributed by atoms with Crippen molar-refractivity contribution < 1.29 is 0 Å². The average Bonchev–Trinajstić information content (AvgIpc) is 2.29. The summed E-state index contributed by atoms with van der Waals surface area (Å²) in [6.07, 6.45) is 1.67. The third-order valence-corrected chi connectivity index (χ3v) is 2.74. The first-order chi connectivity index (χ1) is 7.33. The van der Waals surface area contributed by atoms with E-state index in [4.69, 9.17) is 23.2 Å². The Morgan fingerprint density at radius 2 is 1.80 bits per heavy atom. The maximum Gasteiger partial charge on any atom is 0.0654 e. The van der Waals surface area contributed by atoms with Crippen LogP contribution in [0.2, 0.25) is 5.02 Å². The van der Waals surface area contributed by atoms with Gasteiger partial charge in [-0.2, -0.15) is 0 Å². The van der Waals surface area contributed by atoms with Gasteiger partial charge in [0.05, 0.1) is 16.6 Å². The van der Waals surface area contributed by atoms with Gasteiger partial charge in [-0.3, -0.25) is 4.98 Å². The van der Waals surface area contributed by atoms with Gasteiger partial charge in [-0.15, -0.1) is 11.6 Å². The molecule has 0 fully saturated rings. The maximum atomic E-state index is 6.14. The monoisotopic (exact) mass is 237 g/mol. The number of pyridine rings is 1. The molecule has 1 nitrogen and oxygen atoms in total. The van der Waals surface area contributed by atoms with E-state index in [1.165, 1.54) is 0 Å². The molecule has 2 rings (SSSR count). The first kappa shape index (κ1) is 10.5. The molecule has 0 N–H and O–H groups in total. The Bertz CT molecular complexity index is 454. The maximum absolute atomic E-state index is 6.14. The molecule has 15 heavy (non-hydrogen) atoms. The summed E-state index contributed by atoms with van der Waals surface area (Å²) in [6.45, 7) is 0. The van der Waals surface area contributed by atoms with Gasteiger partial charge in [0.25, 0.3) is 0 Å². The van der Waals surface area contributed by atoms with Gasteiger partial charge in [0.2, 0.25) is 0 Å². The highest BCUT2D eigenvalue weighted by Gasteiger charge is 2.09. The average molecular weight is 238 g/mol. The van der Waals surface area contributed by atoms with E-state index < -0.39 is 0 Å². The summed E-state index contributed by atoms with van der Waals surface area (Å²) in [6, 6.07) is 11.7. The van der Waals surface area contributed by atoms with Gasteiger partial charge in [0, 0.05) is 11.8 Å². The summed E-state index contributed by atoms with van der Waals surface area (Å²) in [5.41, 5.74) is 2.79. The molecular formula is C12H9Cl2N. The van der Waals surface area contributed by atoms with Crippen LogP contribution in [0.4, 0.5) is 0 Å². The van der Waals surface area contributed by atoms with Gasteiger partial charge in [-0.1, -0.05) is 41.9 Å². The number of hydrogen-bond acceptors (Lipinski definition) is 1. The van der Waals surface area contributed by atoms with Crippen molar-refractivity contribution in [3.63, 3.8) is 0 Å². The highest BCUT2D eigenvalue weighted by Crippen LogP contribution is 2.30. The molecule has 0 unspecified atom stereocenters. The Morgan fingerprint density at radius 1 is 1.07 bits per heavy atom. The van der Waals surface area contributed by atoms with E-state index in [1.807, 2.05) is 30.3 Å². The number of nitrogens with zero attached hydrogens (tertiary/aromatic N) is 1. The largest absolute Gasteiger partial charge is 0.259 e. The predicted molar refractivity (Wildman–Crippen MR) is 64.2 cm³/mol. The molecule has 1 aromatic heterocycles. The zero-order valence-electron chi connectivity index (χ0n) is 7.95. The SMILES string of the molecule is ClCc1nccc(Cl)c1-c1ccccc1. The van der Waals surface area contributed by atoms with Crippen molar-refractivity contribution in [1.82, 2.24) is 4.98 Å². The predicted octanol–water partition coefficient (Wildman–Crippen LogP) is 4.14. The standard InChI is InChI=1S/C12H9Cl2N/c13-8-11-12(10(14)6-7-15-11)9-4-2-1-3-5-9/h1-7H,8H2. The van der Waals surface area contributed by atoms with Crippen LogP contribution in [0.3, 0.4) is 0 Å². The quantitative estimate of drug-likeness (QED) is 0.716. The fourth-order valence-corrected chi connectivity index (χ4v) is 1.97. The fraction of sp³-hybridized carbons (Fsp3) is 0.0833. The zero-order valence-corrected chi connectivity index (χ0v) is 9.46. The lowest BCUT2D eigenvalue weighted by atomic mass is 10.0. The minimum Gasteiger partial charge on any atom is -0.259 e. The third-order valence-electron chi connectivity index (χ3n) is 2.17. The van der Waals surface area contributed by atoms with Crippen molar-refractivity contribution in [2.24, 2.45) is 0 Å². The molecule has 1 heterocycles. The van der Waals surface area contributed by atoms with E-state index in [2.05, 4.69) is 4.98 Å². The fourth-order valence-electron chi connectivity index (χ4n) is 1.49. The van der Waals surface area contributed by atoms with Crippen LogP contribution in [0.1, 0.15) is 5.69 Å². The topological polar surface area (TPSA) is 12.9 Å². The van der Waals surface area contributed by atoms with Crippen LogP contribution in [-0.2, 0) is 5.88 Å². The molecule has 0 spiro atoms. The van der Waals surface area contributed by atoms with Gasteiger partial charge in [0.1, 0.15) is 0 Å². The number of benzene rings is 1. The molecule has 0 bridgehead atoms. The van der Waals surface area contributed by atoms with Crippen LogP contribution < -0.4 is 0 Å². The third kappa shape index (κ3) is 2.14. The lowest BCUT2D eigenvalue weighted by molar-refractivity contribution is 1.17. The smallest absolute Gasteiger partial charge is 0.0654 e. The molecule has 0 aliphatic heterocycles. The van der Waals surface area contributed by atoms with E-state index in [1.54, 1.807) is 12.3 Å². The normalized spacial score (nSPS) is 10.3. The lowest BCUT2D eigenvalue weighted by Crippen LogP contribution is -1.91. The summed E-state index contributed by atoms with van der Waals surface area (Å²) in [7, 11) is 0. The number of alkyl halides is 1. The van der Waals surface area contributed by atoms with E-state index in [0.29, 0.717) is 10.9 Å². The Hall–Kier alpha value is -1.05. The van der Waals surface area contributed by atoms with E-state index in [0.717, 1.165) is 16.8 Å². The Labute approximate surface area is 98.7 Å². The lowest BCUT2D eigenvalue weighted by Gasteiger charge is -2.08.